The monoisotopic (exact) mass is 319 g/mol. The number of carbonyl (C=O) groups is 3. The molecular weight excluding hydrogens is 306 g/mol. The lowest BCUT2D eigenvalue weighted by Crippen LogP contribution is -2.45. The van der Waals surface area contributed by atoms with Crippen LogP contribution in [-0.2, 0) is 4.79 Å². The van der Waals surface area contributed by atoms with Gasteiger partial charge in [-0.25, -0.2) is 0 Å². The second-order valence-electron chi connectivity index (χ2n) is 5.35. The van der Waals surface area contributed by atoms with Gasteiger partial charge in [-0.1, -0.05) is 24.3 Å². The number of benzene rings is 2. The van der Waals surface area contributed by atoms with E-state index in [9.17, 15) is 14.4 Å². The molecule has 1 unspecified atom stereocenters. The summed E-state index contributed by atoms with van der Waals surface area (Å²) in [4.78, 5) is 38.2. The fourth-order valence-corrected chi connectivity index (χ4v) is 2.60. The molecule has 0 fully saturated rings. The van der Waals surface area contributed by atoms with E-state index in [4.69, 9.17) is 5.26 Å². The molecule has 118 valence electrons. The Morgan fingerprint density at radius 3 is 2.17 bits per heavy atom. The number of hydrogen-bond acceptors (Lipinski definition) is 4. The number of fused-ring (bicyclic) bond motifs is 1. The fraction of sp³-hybridized carbons (Fsp3) is 0.111. The van der Waals surface area contributed by atoms with Gasteiger partial charge in [0.05, 0.1) is 22.4 Å². The fourth-order valence-electron chi connectivity index (χ4n) is 2.60. The largest absolute Gasteiger partial charge is 0.323 e. The molecule has 6 heteroatoms. The van der Waals surface area contributed by atoms with Gasteiger partial charge in [0.15, 0.2) is 0 Å². The number of imide groups is 1. The van der Waals surface area contributed by atoms with Gasteiger partial charge in [0, 0.05) is 0 Å². The highest BCUT2D eigenvalue weighted by molar-refractivity contribution is 6.23. The highest BCUT2D eigenvalue weighted by Gasteiger charge is 2.40. The Labute approximate surface area is 138 Å². The summed E-state index contributed by atoms with van der Waals surface area (Å²) in [6, 6.07) is 14.0. The summed E-state index contributed by atoms with van der Waals surface area (Å²) in [5, 5.41) is 11.7. The summed E-state index contributed by atoms with van der Waals surface area (Å²) in [7, 11) is 0. The first kappa shape index (κ1) is 15.4. The molecule has 1 aliphatic rings. The molecule has 3 rings (SSSR count). The highest BCUT2D eigenvalue weighted by Crippen LogP contribution is 2.25. The molecule has 6 nitrogen and oxygen atoms in total. The predicted molar refractivity (Wildman–Crippen MR) is 86.2 cm³/mol. The number of carbonyl (C=O) groups excluding carboxylic acids is 3. The summed E-state index contributed by atoms with van der Waals surface area (Å²) in [6.07, 6.45) is 0. The summed E-state index contributed by atoms with van der Waals surface area (Å²) in [5.74, 6) is -1.52. The highest BCUT2D eigenvalue weighted by atomic mass is 16.2. The maximum absolute atomic E-state index is 12.4. The van der Waals surface area contributed by atoms with Crippen molar-refractivity contribution in [1.29, 1.82) is 5.26 Å². The van der Waals surface area contributed by atoms with Crippen molar-refractivity contribution in [2.45, 2.75) is 13.0 Å². The molecule has 1 atom stereocenters. The lowest BCUT2D eigenvalue weighted by Gasteiger charge is -2.21. The second-order valence-corrected chi connectivity index (χ2v) is 5.35. The Balaban J connectivity index is 1.84. The Kier molecular flexibility index (Phi) is 3.84. The number of para-hydroxylation sites is 1. The Morgan fingerprint density at radius 1 is 1.04 bits per heavy atom. The molecular formula is C18H13N3O3. The van der Waals surface area contributed by atoms with Gasteiger partial charge < -0.3 is 5.32 Å². The third-order valence-corrected chi connectivity index (χ3v) is 3.90. The number of amides is 3. The van der Waals surface area contributed by atoms with E-state index in [0.717, 1.165) is 4.90 Å². The van der Waals surface area contributed by atoms with E-state index in [-0.39, 0.29) is 0 Å². The van der Waals surface area contributed by atoms with Crippen molar-refractivity contribution >= 4 is 23.4 Å². The number of anilines is 1. The van der Waals surface area contributed by atoms with Crippen LogP contribution in [0.2, 0.25) is 0 Å². The van der Waals surface area contributed by atoms with Crippen LogP contribution in [0.15, 0.2) is 48.5 Å². The van der Waals surface area contributed by atoms with E-state index in [0.29, 0.717) is 22.4 Å². The number of rotatable bonds is 3. The zero-order valence-corrected chi connectivity index (χ0v) is 12.8. The Bertz CT molecular complexity index is 863. The van der Waals surface area contributed by atoms with E-state index < -0.39 is 23.8 Å². The topological polar surface area (TPSA) is 90.3 Å². The Hall–Kier alpha value is -3.46. The molecule has 24 heavy (non-hydrogen) atoms. The summed E-state index contributed by atoms with van der Waals surface area (Å²) in [5.41, 5.74) is 1.23. The molecule has 0 bridgehead atoms. The molecule has 3 amide bonds. The van der Waals surface area contributed by atoms with Gasteiger partial charge >= 0.3 is 0 Å². The molecule has 0 saturated heterocycles. The summed E-state index contributed by atoms with van der Waals surface area (Å²) in [6.45, 7) is 1.48. The third-order valence-electron chi connectivity index (χ3n) is 3.90. The van der Waals surface area contributed by atoms with Gasteiger partial charge in [0.2, 0.25) is 5.91 Å². The zero-order valence-electron chi connectivity index (χ0n) is 12.8. The zero-order chi connectivity index (χ0) is 17.3. The Morgan fingerprint density at radius 2 is 1.58 bits per heavy atom. The average molecular weight is 319 g/mol. The maximum atomic E-state index is 12.4. The van der Waals surface area contributed by atoms with Crippen molar-refractivity contribution in [3.05, 3.63) is 65.2 Å². The van der Waals surface area contributed by atoms with Crippen LogP contribution < -0.4 is 5.32 Å². The lowest BCUT2D eigenvalue weighted by atomic mass is 10.1. The number of nitrogens with one attached hydrogen (secondary N) is 1. The van der Waals surface area contributed by atoms with Gasteiger partial charge in [0.25, 0.3) is 11.8 Å². The maximum Gasteiger partial charge on any atom is 0.262 e. The van der Waals surface area contributed by atoms with Crippen molar-refractivity contribution in [3.8, 4) is 6.07 Å². The number of hydrogen-bond donors (Lipinski definition) is 1. The summed E-state index contributed by atoms with van der Waals surface area (Å²) < 4.78 is 0. The van der Waals surface area contributed by atoms with Gasteiger partial charge in [-0.2, -0.15) is 5.26 Å². The molecule has 0 spiro atoms. The van der Waals surface area contributed by atoms with Crippen molar-refractivity contribution in [1.82, 2.24) is 4.90 Å². The quantitative estimate of drug-likeness (QED) is 0.878. The van der Waals surface area contributed by atoms with E-state index in [2.05, 4.69) is 5.32 Å². The van der Waals surface area contributed by atoms with Gasteiger partial charge in [-0.05, 0) is 31.2 Å². The minimum atomic E-state index is -0.996. The van der Waals surface area contributed by atoms with Crippen LogP contribution >= 0.6 is 0 Å². The van der Waals surface area contributed by atoms with Crippen LogP contribution in [-0.4, -0.2) is 28.7 Å². The van der Waals surface area contributed by atoms with Gasteiger partial charge in [-0.15, -0.1) is 0 Å². The van der Waals surface area contributed by atoms with Crippen LogP contribution in [0.1, 0.15) is 33.2 Å². The predicted octanol–water partition coefficient (Wildman–Crippen LogP) is 2.18. The van der Waals surface area contributed by atoms with E-state index in [1.807, 2.05) is 6.07 Å². The third kappa shape index (κ3) is 2.42. The molecule has 1 aliphatic heterocycles. The lowest BCUT2D eigenvalue weighted by molar-refractivity contribution is -0.119. The van der Waals surface area contributed by atoms with Crippen molar-refractivity contribution in [3.63, 3.8) is 0 Å². The van der Waals surface area contributed by atoms with E-state index in [1.54, 1.807) is 48.5 Å². The van der Waals surface area contributed by atoms with E-state index in [1.165, 1.54) is 6.92 Å². The van der Waals surface area contributed by atoms with Crippen molar-refractivity contribution < 1.29 is 14.4 Å². The van der Waals surface area contributed by atoms with Crippen molar-refractivity contribution in [2.75, 3.05) is 5.32 Å². The normalized spacial score (nSPS) is 14.1. The van der Waals surface area contributed by atoms with Gasteiger partial charge in [0.1, 0.15) is 12.1 Å². The molecule has 0 aromatic heterocycles. The van der Waals surface area contributed by atoms with Crippen LogP contribution in [0.25, 0.3) is 0 Å². The first-order valence-corrected chi connectivity index (χ1v) is 7.31. The SMILES string of the molecule is CC(C(=O)Nc1ccccc1C#N)N1C(=O)c2ccccc2C1=O. The standard InChI is InChI=1S/C18H13N3O3/c1-11(16(22)20-15-9-5-2-6-12(15)10-19)21-17(23)13-7-3-4-8-14(13)18(21)24/h2-9,11H,1H3,(H,20,22). The molecule has 2 aromatic rings. The first-order chi connectivity index (χ1) is 11.5. The second kappa shape index (κ2) is 5.97. The molecule has 2 aromatic carbocycles. The van der Waals surface area contributed by atoms with Crippen LogP contribution in [0.5, 0.6) is 0 Å². The first-order valence-electron chi connectivity index (χ1n) is 7.31. The summed E-state index contributed by atoms with van der Waals surface area (Å²) >= 11 is 0. The van der Waals surface area contributed by atoms with Crippen LogP contribution in [0.3, 0.4) is 0 Å². The molecule has 0 radical (unpaired) electrons. The van der Waals surface area contributed by atoms with Gasteiger partial charge in [-0.3, -0.25) is 19.3 Å². The minimum absolute atomic E-state index is 0.291. The molecule has 1 heterocycles. The average Bonchev–Trinajstić information content (AvgIpc) is 2.86. The minimum Gasteiger partial charge on any atom is -0.323 e. The number of nitriles is 1. The molecule has 0 saturated carbocycles. The number of nitrogens with zero attached hydrogens (tertiary/aromatic N) is 2. The smallest absolute Gasteiger partial charge is 0.262 e. The van der Waals surface area contributed by atoms with Crippen LogP contribution in [0, 0.1) is 11.3 Å². The molecule has 1 N–H and O–H groups in total. The molecule has 0 aliphatic carbocycles. The van der Waals surface area contributed by atoms with Crippen LogP contribution in [0.4, 0.5) is 5.69 Å². The van der Waals surface area contributed by atoms with E-state index >= 15 is 0 Å². The van der Waals surface area contributed by atoms with Crippen molar-refractivity contribution in [2.24, 2.45) is 0 Å².